The first-order chi connectivity index (χ1) is 9.95. The topological polar surface area (TPSA) is 111 Å². The minimum Gasteiger partial charge on any atom is -0.478 e. The molecule has 0 saturated heterocycles. The summed E-state index contributed by atoms with van der Waals surface area (Å²) in [5, 5.41) is 15.1. The fourth-order valence-electron chi connectivity index (χ4n) is 1.52. The van der Waals surface area contributed by atoms with Crippen LogP contribution in [0.15, 0.2) is 28.4 Å². The summed E-state index contributed by atoms with van der Waals surface area (Å²) < 4.78 is 13.4. The Morgan fingerprint density at radius 3 is 2.71 bits per heavy atom. The lowest BCUT2D eigenvalue weighted by Gasteiger charge is -2.07. The van der Waals surface area contributed by atoms with Crippen molar-refractivity contribution in [1.29, 1.82) is 0 Å². The SMILES string of the molecule is O=C(NCc1csc(=O)[nH]1)Nc1ccc(C(=O)O)c(F)c1. The molecule has 0 radical (unpaired) electrons. The lowest BCUT2D eigenvalue weighted by atomic mass is 10.2. The molecule has 2 rings (SSSR count). The van der Waals surface area contributed by atoms with Crippen LogP contribution in [0.25, 0.3) is 0 Å². The Morgan fingerprint density at radius 2 is 2.14 bits per heavy atom. The molecule has 2 aromatic rings. The van der Waals surface area contributed by atoms with E-state index in [9.17, 15) is 18.8 Å². The van der Waals surface area contributed by atoms with Crippen LogP contribution in [-0.2, 0) is 6.54 Å². The van der Waals surface area contributed by atoms with Gasteiger partial charge in [-0.3, -0.25) is 4.79 Å². The number of nitrogens with one attached hydrogen (secondary N) is 3. The van der Waals surface area contributed by atoms with Crippen LogP contribution >= 0.6 is 11.3 Å². The number of carboxylic acids is 1. The van der Waals surface area contributed by atoms with Gasteiger partial charge in [-0.15, -0.1) is 0 Å². The van der Waals surface area contributed by atoms with E-state index >= 15 is 0 Å². The van der Waals surface area contributed by atoms with E-state index in [0.717, 1.165) is 23.5 Å². The molecule has 0 spiro atoms. The smallest absolute Gasteiger partial charge is 0.338 e. The highest BCUT2D eigenvalue weighted by Crippen LogP contribution is 2.14. The van der Waals surface area contributed by atoms with Crippen molar-refractivity contribution in [3.63, 3.8) is 0 Å². The summed E-state index contributed by atoms with van der Waals surface area (Å²) in [6.07, 6.45) is 0. The molecule has 1 heterocycles. The van der Waals surface area contributed by atoms with Gasteiger partial charge in [-0.25, -0.2) is 14.0 Å². The molecule has 2 amide bonds. The third-order valence-corrected chi connectivity index (χ3v) is 3.19. The maximum atomic E-state index is 13.4. The molecule has 7 nitrogen and oxygen atoms in total. The lowest BCUT2D eigenvalue weighted by molar-refractivity contribution is 0.0692. The van der Waals surface area contributed by atoms with E-state index in [2.05, 4.69) is 15.6 Å². The van der Waals surface area contributed by atoms with E-state index in [1.807, 2.05) is 0 Å². The quantitative estimate of drug-likeness (QED) is 0.687. The zero-order valence-corrected chi connectivity index (χ0v) is 11.3. The zero-order chi connectivity index (χ0) is 15.4. The zero-order valence-electron chi connectivity index (χ0n) is 10.5. The van der Waals surface area contributed by atoms with Crippen molar-refractivity contribution in [2.45, 2.75) is 6.54 Å². The average Bonchev–Trinajstić information content (AvgIpc) is 2.82. The van der Waals surface area contributed by atoms with Gasteiger partial charge in [0.05, 0.1) is 12.1 Å². The highest BCUT2D eigenvalue weighted by molar-refractivity contribution is 7.07. The predicted octanol–water partition coefficient (Wildman–Crippen LogP) is 1.60. The van der Waals surface area contributed by atoms with E-state index < -0.39 is 23.4 Å². The van der Waals surface area contributed by atoms with E-state index in [1.54, 1.807) is 5.38 Å². The number of hydrogen-bond donors (Lipinski definition) is 4. The molecule has 21 heavy (non-hydrogen) atoms. The van der Waals surface area contributed by atoms with Crippen LogP contribution in [0.5, 0.6) is 0 Å². The van der Waals surface area contributed by atoms with Gasteiger partial charge in [0.15, 0.2) is 0 Å². The molecule has 0 aliphatic heterocycles. The number of halogens is 1. The molecular weight excluding hydrogens is 301 g/mol. The molecule has 0 fully saturated rings. The first kappa shape index (κ1) is 14.7. The minimum atomic E-state index is -1.38. The summed E-state index contributed by atoms with van der Waals surface area (Å²) >= 11 is 0.978. The number of thiazole rings is 1. The van der Waals surface area contributed by atoms with Crippen molar-refractivity contribution in [3.8, 4) is 0 Å². The summed E-state index contributed by atoms with van der Waals surface area (Å²) in [6, 6.07) is 2.64. The van der Waals surface area contributed by atoms with Crippen LogP contribution in [0.2, 0.25) is 0 Å². The van der Waals surface area contributed by atoms with E-state index in [1.165, 1.54) is 6.07 Å². The maximum absolute atomic E-state index is 13.4. The molecule has 0 aliphatic rings. The van der Waals surface area contributed by atoms with E-state index in [4.69, 9.17) is 5.11 Å². The number of carboxylic acid groups (broad SMARTS) is 1. The first-order valence-corrected chi connectivity index (χ1v) is 6.58. The number of carbonyl (C=O) groups excluding carboxylic acids is 1. The van der Waals surface area contributed by atoms with Crippen LogP contribution in [-0.4, -0.2) is 22.1 Å². The monoisotopic (exact) mass is 311 g/mol. The molecule has 1 aromatic heterocycles. The third-order valence-electron chi connectivity index (χ3n) is 2.47. The molecule has 9 heteroatoms. The largest absolute Gasteiger partial charge is 0.478 e. The molecule has 0 atom stereocenters. The van der Waals surface area contributed by atoms with Crippen LogP contribution in [0, 0.1) is 5.82 Å². The highest BCUT2D eigenvalue weighted by atomic mass is 32.1. The van der Waals surface area contributed by atoms with Crippen molar-refractivity contribution in [3.05, 3.63) is 50.3 Å². The standard InChI is InChI=1S/C12H10FN3O4S/c13-9-3-6(1-2-8(9)10(17)18)15-11(19)14-4-7-5-21-12(20)16-7/h1-3,5H,4H2,(H,16,20)(H,17,18)(H2,14,15,19). The summed E-state index contributed by atoms with van der Waals surface area (Å²) in [4.78, 5) is 35.4. The first-order valence-electron chi connectivity index (χ1n) is 5.70. The molecule has 0 bridgehead atoms. The van der Waals surface area contributed by atoms with Crippen LogP contribution in [0.1, 0.15) is 16.1 Å². The average molecular weight is 311 g/mol. The number of carbonyl (C=O) groups is 2. The van der Waals surface area contributed by atoms with Crippen molar-refractivity contribution < 1.29 is 19.1 Å². The number of rotatable bonds is 4. The summed E-state index contributed by atoms with van der Waals surface area (Å²) in [6.45, 7) is 0.111. The second-order valence-corrected chi connectivity index (χ2v) is 4.82. The molecule has 1 aromatic carbocycles. The van der Waals surface area contributed by atoms with Crippen molar-refractivity contribution in [2.24, 2.45) is 0 Å². The molecule has 0 unspecified atom stereocenters. The molecule has 110 valence electrons. The Kier molecular flexibility index (Phi) is 4.33. The molecular formula is C12H10FN3O4S. The molecule has 0 saturated carbocycles. The number of aromatic nitrogens is 1. The fraction of sp³-hybridized carbons (Fsp3) is 0.0833. The van der Waals surface area contributed by atoms with E-state index in [0.29, 0.717) is 5.69 Å². The Bertz CT molecular complexity index is 740. The Labute approximate surface area is 121 Å². The minimum absolute atomic E-state index is 0.111. The summed E-state index contributed by atoms with van der Waals surface area (Å²) in [5.74, 6) is -2.33. The summed E-state index contributed by atoms with van der Waals surface area (Å²) in [7, 11) is 0. The second-order valence-electron chi connectivity index (χ2n) is 3.98. The van der Waals surface area contributed by atoms with Crippen LogP contribution < -0.4 is 15.5 Å². The number of benzene rings is 1. The van der Waals surface area contributed by atoms with Crippen LogP contribution in [0.4, 0.5) is 14.9 Å². The maximum Gasteiger partial charge on any atom is 0.338 e. The number of aromatic amines is 1. The number of aromatic carboxylic acids is 1. The number of hydrogen-bond acceptors (Lipinski definition) is 4. The molecule has 0 aliphatic carbocycles. The van der Waals surface area contributed by atoms with Gasteiger partial charge < -0.3 is 20.7 Å². The van der Waals surface area contributed by atoms with Gasteiger partial charge >= 0.3 is 16.9 Å². The number of amides is 2. The van der Waals surface area contributed by atoms with Gasteiger partial charge in [0.25, 0.3) is 0 Å². The fourth-order valence-corrected chi connectivity index (χ4v) is 2.10. The number of anilines is 1. The van der Waals surface area contributed by atoms with E-state index in [-0.39, 0.29) is 17.1 Å². The Balaban J connectivity index is 1.95. The predicted molar refractivity (Wildman–Crippen MR) is 74.2 cm³/mol. The molecule has 4 N–H and O–H groups in total. The van der Waals surface area contributed by atoms with Gasteiger partial charge in [-0.2, -0.15) is 0 Å². The van der Waals surface area contributed by atoms with Gasteiger partial charge in [0, 0.05) is 16.8 Å². The number of urea groups is 1. The van der Waals surface area contributed by atoms with Gasteiger partial charge in [0.1, 0.15) is 5.82 Å². The normalized spacial score (nSPS) is 10.1. The number of H-pyrrole nitrogens is 1. The summed E-state index contributed by atoms with van der Waals surface area (Å²) in [5.41, 5.74) is 0.193. The highest BCUT2D eigenvalue weighted by Gasteiger charge is 2.11. The van der Waals surface area contributed by atoms with Gasteiger partial charge in [0.2, 0.25) is 0 Å². The van der Waals surface area contributed by atoms with Crippen molar-refractivity contribution in [2.75, 3.05) is 5.32 Å². The second kappa shape index (κ2) is 6.18. The third kappa shape index (κ3) is 3.89. The Hall–Kier alpha value is -2.68. The van der Waals surface area contributed by atoms with Gasteiger partial charge in [-0.1, -0.05) is 11.3 Å². The van der Waals surface area contributed by atoms with Crippen molar-refractivity contribution in [1.82, 2.24) is 10.3 Å². The Morgan fingerprint density at radius 1 is 1.38 bits per heavy atom. The van der Waals surface area contributed by atoms with Crippen molar-refractivity contribution >= 4 is 29.0 Å². The van der Waals surface area contributed by atoms with Gasteiger partial charge in [-0.05, 0) is 18.2 Å². The van der Waals surface area contributed by atoms with Crippen LogP contribution in [0.3, 0.4) is 0 Å². The lowest BCUT2D eigenvalue weighted by Crippen LogP contribution is -2.28.